The van der Waals surface area contributed by atoms with Gasteiger partial charge in [0.1, 0.15) is 0 Å². The Balaban J connectivity index is 1.60. The van der Waals surface area contributed by atoms with Crippen molar-refractivity contribution in [1.82, 2.24) is 10.6 Å². The zero-order valence-corrected chi connectivity index (χ0v) is 10.2. The van der Waals surface area contributed by atoms with Crippen molar-refractivity contribution in [2.24, 2.45) is 5.92 Å². The van der Waals surface area contributed by atoms with Gasteiger partial charge in [0.25, 0.3) is 0 Å². The number of ether oxygens (including phenoxy) is 1. The number of nitrogens with one attached hydrogen (secondary N) is 2. The average Bonchev–Trinajstić information content (AvgIpc) is 2.74. The van der Waals surface area contributed by atoms with Gasteiger partial charge in [0, 0.05) is 19.6 Å². The second-order valence-corrected chi connectivity index (χ2v) is 5.04. The van der Waals surface area contributed by atoms with E-state index < -0.39 is 0 Å². The SMILES string of the molecule is O=C(CC1CNCCO1)NCC1CCC(O)C1. The molecule has 0 aromatic carbocycles. The summed E-state index contributed by atoms with van der Waals surface area (Å²) in [5.41, 5.74) is 0. The van der Waals surface area contributed by atoms with E-state index >= 15 is 0 Å². The molecule has 1 amide bonds. The summed E-state index contributed by atoms with van der Waals surface area (Å²) >= 11 is 0. The highest BCUT2D eigenvalue weighted by atomic mass is 16.5. The number of morpholine rings is 1. The Morgan fingerprint density at radius 3 is 3.00 bits per heavy atom. The van der Waals surface area contributed by atoms with Crippen molar-refractivity contribution in [3.63, 3.8) is 0 Å². The van der Waals surface area contributed by atoms with Crippen LogP contribution >= 0.6 is 0 Å². The molecule has 1 saturated carbocycles. The van der Waals surface area contributed by atoms with Crippen LogP contribution in [-0.4, -0.2) is 49.5 Å². The molecule has 3 unspecified atom stereocenters. The summed E-state index contributed by atoms with van der Waals surface area (Å²) in [4.78, 5) is 11.7. The second-order valence-electron chi connectivity index (χ2n) is 5.04. The van der Waals surface area contributed by atoms with Gasteiger partial charge >= 0.3 is 0 Å². The van der Waals surface area contributed by atoms with E-state index in [0.717, 1.165) is 32.4 Å². The molecule has 5 heteroatoms. The monoisotopic (exact) mass is 242 g/mol. The molecular formula is C12H22N2O3. The molecule has 17 heavy (non-hydrogen) atoms. The van der Waals surface area contributed by atoms with Crippen molar-refractivity contribution < 1.29 is 14.6 Å². The minimum Gasteiger partial charge on any atom is -0.393 e. The Morgan fingerprint density at radius 1 is 1.47 bits per heavy atom. The first kappa shape index (κ1) is 12.8. The number of hydrogen-bond donors (Lipinski definition) is 3. The molecule has 2 aliphatic rings. The molecule has 5 nitrogen and oxygen atoms in total. The van der Waals surface area contributed by atoms with E-state index in [4.69, 9.17) is 4.74 Å². The first-order valence-corrected chi connectivity index (χ1v) is 6.51. The van der Waals surface area contributed by atoms with Crippen LogP contribution < -0.4 is 10.6 Å². The number of rotatable bonds is 4. The molecule has 0 bridgehead atoms. The number of aliphatic hydroxyl groups excluding tert-OH is 1. The second kappa shape index (κ2) is 6.33. The van der Waals surface area contributed by atoms with Gasteiger partial charge in [0.2, 0.25) is 5.91 Å². The van der Waals surface area contributed by atoms with Gasteiger partial charge < -0.3 is 20.5 Å². The van der Waals surface area contributed by atoms with Gasteiger partial charge in [-0.1, -0.05) is 0 Å². The van der Waals surface area contributed by atoms with E-state index in [-0.39, 0.29) is 18.1 Å². The van der Waals surface area contributed by atoms with Crippen LogP contribution in [0.2, 0.25) is 0 Å². The Hall–Kier alpha value is -0.650. The van der Waals surface area contributed by atoms with Crippen LogP contribution in [0.5, 0.6) is 0 Å². The third-order valence-corrected chi connectivity index (χ3v) is 3.52. The van der Waals surface area contributed by atoms with Gasteiger partial charge in [-0.05, 0) is 25.2 Å². The molecule has 0 spiro atoms. The fourth-order valence-corrected chi connectivity index (χ4v) is 2.52. The van der Waals surface area contributed by atoms with Crippen LogP contribution in [0.3, 0.4) is 0 Å². The van der Waals surface area contributed by atoms with Crippen LogP contribution in [0, 0.1) is 5.92 Å². The third kappa shape index (κ3) is 4.26. The van der Waals surface area contributed by atoms with Gasteiger partial charge in [-0.15, -0.1) is 0 Å². The molecule has 1 aliphatic heterocycles. The highest BCUT2D eigenvalue weighted by Crippen LogP contribution is 2.24. The van der Waals surface area contributed by atoms with E-state index in [2.05, 4.69) is 10.6 Å². The zero-order chi connectivity index (χ0) is 12.1. The van der Waals surface area contributed by atoms with Crippen molar-refractivity contribution in [1.29, 1.82) is 0 Å². The van der Waals surface area contributed by atoms with Crippen molar-refractivity contribution in [3.8, 4) is 0 Å². The largest absolute Gasteiger partial charge is 0.393 e. The molecule has 0 aromatic heterocycles. The number of amides is 1. The summed E-state index contributed by atoms with van der Waals surface area (Å²) in [7, 11) is 0. The first-order valence-electron chi connectivity index (χ1n) is 6.51. The van der Waals surface area contributed by atoms with E-state index in [1.54, 1.807) is 0 Å². The third-order valence-electron chi connectivity index (χ3n) is 3.52. The number of carbonyl (C=O) groups excluding carboxylic acids is 1. The fourth-order valence-electron chi connectivity index (χ4n) is 2.52. The van der Waals surface area contributed by atoms with E-state index in [1.165, 1.54) is 0 Å². The summed E-state index contributed by atoms with van der Waals surface area (Å²) < 4.78 is 5.47. The Bertz CT molecular complexity index is 254. The molecule has 1 saturated heterocycles. The Morgan fingerprint density at radius 2 is 2.35 bits per heavy atom. The minimum atomic E-state index is -0.164. The minimum absolute atomic E-state index is 0.0120. The molecule has 1 aliphatic carbocycles. The normalized spacial score (nSPS) is 33.6. The maximum absolute atomic E-state index is 11.7. The standard InChI is InChI=1S/C12H22N2O3/c15-10-2-1-9(5-10)7-14-12(16)6-11-8-13-3-4-17-11/h9-11,13,15H,1-8H2,(H,14,16). The van der Waals surface area contributed by atoms with Crippen LogP contribution in [0.25, 0.3) is 0 Å². The number of aliphatic hydroxyl groups is 1. The number of hydrogen-bond acceptors (Lipinski definition) is 4. The predicted octanol–water partition coefficient (Wildman–Crippen LogP) is -0.358. The lowest BCUT2D eigenvalue weighted by atomic mass is 10.1. The van der Waals surface area contributed by atoms with E-state index in [9.17, 15) is 9.90 Å². The molecule has 2 rings (SSSR count). The molecular weight excluding hydrogens is 220 g/mol. The predicted molar refractivity (Wildman–Crippen MR) is 63.6 cm³/mol. The highest BCUT2D eigenvalue weighted by molar-refractivity contribution is 5.76. The molecule has 1 heterocycles. The summed E-state index contributed by atoms with van der Waals surface area (Å²) in [5.74, 6) is 0.499. The van der Waals surface area contributed by atoms with Crippen LogP contribution in [0.1, 0.15) is 25.7 Å². The molecule has 2 fully saturated rings. The molecule has 98 valence electrons. The van der Waals surface area contributed by atoms with Crippen LogP contribution in [0.4, 0.5) is 0 Å². The van der Waals surface area contributed by atoms with Crippen molar-refractivity contribution in [3.05, 3.63) is 0 Å². The first-order chi connectivity index (χ1) is 8.24. The zero-order valence-electron chi connectivity index (χ0n) is 10.2. The van der Waals surface area contributed by atoms with E-state index in [1.807, 2.05) is 0 Å². The topological polar surface area (TPSA) is 70.6 Å². The maximum atomic E-state index is 11.7. The lowest BCUT2D eigenvalue weighted by Crippen LogP contribution is -2.42. The lowest BCUT2D eigenvalue weighted by molar-refractivity contribution is -0.124. The van der Waals surface area contributed by atoms with Crippen LogP contribution in [-0.2, 0) is 9.53 Å². The fraction of sp³-hybridized carbons (Fsp3) is 0.917. The Kier molecular flexibility index (Phi) is 4.76. The summed E-state index contributed by atoms with van der Waals surface area (Å²) in [6.07, 6.45) is 2.99. The van der Waals surface area contributed by atoms with Gasteiger partial charge in [-0.3, -0.25) is 4.79 Å². The summed E-state index contributed by atoms with van der Waals surface area (Å²) in [6.45, 7) is 3.01. The summed E-state index contributed by atoms with van der Waals surface area (Å²) in [6, 6.07) is 0. The lowest BCUT2D eigenvalue weighted by Gasteiger charge is -2.23. The maximum Gasteiger partial charge on any atom is 0.222 e. The summed E-state index contributed by atoms with van der Waals surface area (Å²) in [5, 5.41) is 15.5. The smallest absolute Gasteiger partial charge is 0.222 e. The highest BCUT2D eigenvalue weighted by Gasteiger charge is 2.23. The van der Waals surface area contributed by atoms with Crippen molar-refractivity contribution >= 4 is 5.91 Å². The van der Waals surface area contributed by atoms with Crippen molar-refractivity contribution in [2.45, 2.75) is 37.9 Å². The molecule has 3 N–H and O–H groups in total. The molecule has 3 atom stereocenters. The van der Waals surface area contributed by atoms with Gasteiger partial charge in [-0.2, -0.15) is 0 Å². The van der Waals surface area contributed by atoms with Crippen LogP contribution in [0.15, 0.2) is 0 Å². The molecule has 0 aromatic rings. The van der Waals surface area contributed by atoms with Gasteiger partial charge in [0.15, 0.2) is 0 Å². The van der Waals surface area contributed by atoms with Gasteiger partial charge in [-0.25, -0.2) is 0 Å². The van der Waals surface area contributed by atoms with Gasteiger partial charge in [0.05, 0.1) is 25.2 Å². The quantitative estimate of drug-likeness (QED) is 0.630. The van der Waals surface area contributed by atoms with E-state index in [0.29, 0.717) is 25.5 Å². The molecule has 0 radical (unpaired) electrons. The number of carbonyl (C=O) groups is 1. The Labute approximate surface area is 102 Å². The van der Waals surface area contributed by atoms with Crippen molar-refractivity contribution in [2.75, 3.05) is 26.2 Å². The average molecular weight is 242 g/mol.